The summed E-state index contributed by atoms with van der Waals surface area (Å²) in [4.78, 5) is 15.6. The lowest BCUT2D eigenvalue weighted by Gasteiger charge is -2.47. The van der Waals surface area contributed by atoms with E-state index in [1.807, 2.05) is 0 Å². The van der Waals surface area contributed by atoms with Gasteiger partial charge in [-0.1, -0.05) is 39.3 Å². The van der Waals surface area contributed by atoms with Gasteiger partial charge in [-0.15, -0.1) is 0 Å². The van der Waals surface area contributed by atoms with Gasteiger partial charge < -0.3 is 10.8 Å². The second-order valence-corrected chi connectivity index (χ2v) is 7.34. The molecule has 4 nitrogen and oxygen atoms in total. The fourth-order valence-corrected chi connectivity index (χ4v) is 3.86. The average Bonchev–Trinajstić information content (AvgIpc) is 2.39. The summed E-state index contributed by atoms with van der Waals surface area (Å²) < 4.78 is 0. The van der Waals surface area contributed by atoms with Crippen LogP contribution in [-0.2, 0) is 0 Å². The molecule has 1 fully saturated rings. The number of nitrogen functional groups attached to an aromatic ring is 1. The smallest absolute Gasteiger partial charge is 0.354 e. The van der Waals surface area contributed by atoms with Crippen molar-refractivity contribution in [3.05, 3.63) is 22.5 Å². The van der Waals surface area contributed by atoms with Crippen molar-refractivity contribution in [2.45, 2.75) is 46.5 Å². The maximum Gasteiger partial charge on any atom is 0.354 e. The van der Waals surface area contributed by atoms with Crippen molar-refractivity contribution in [1.29, 1.82) is 0 Å². The first-order valence-electron chi connectivity index (χ1n) is 7.34. The van der Waals surface area contributed by atoms with Crippen LogP contribution in [0.15, 0.2) is 6.20 Å². The number of carbonyl (C=O) groups is 1. The number of carboxylic acids is 1. The Labute approximate surface area is 130 Å². The van der Waals surface area contributed by atoms with E-state index in [0.29, 0.717) is 28.1 Å². The van der Waals surface area contributed by atoms with Crippen molar-refractivity contribution >= 4 is 23.3 Å². The molecule has 0 aliphatic heterocycles. The molecular weight excluding hydrogens is 288 g/mol. The summed E-state index contributed by atoms with van der Waals surface area (Å²) in [5.74, 6) is -0.161. The molecule has 1 heterocycles. The Morgan fingerprint density at radius 1 is 1.48 bits per heavy atom. The molecule has 1 aromatic heterocycles. The van der Waals surface area contributed by atoms with Crippen molar-refractivity contribution in [2.24, 2.45) is 17.3 Å². The Bertz CT molecular complexity index is 572. The number of aromatic nitrogens is 1. The third kappa shape index (κ3) is 2.73. The van der Waals surface area contributed by atoms with Crippen LogP contribution in [0.1, 0.15) is 62.5 Å². The van der Waals surface area contributed by atoms with Crippen molar-refractivity contribution < 1.29 is 9.90 Å². The fraction of sp³-hybridized carbons (Fsp3) is 0.625. The zero-order valence-corrected chi connectivity index (χ0v) is 13.7. The minimum absolute atomic E-state index is 0.0311. The second-order valence-electron chi connectivity index (χ2n) is 6.93. The summed E-state index contributed by atoms with van der Waals surface area (Å²) in [7, 11) is 0. The van der Waals surface area contributed by atoms with Crippen LogP contribution in [0.3, 0.4) is 0 Å². The van der Waals surface area contributed by atoms with Crippen molar-refractivity contribution in [2.75, 3.05) is 5.73 Å². The minimum atomic E-state index is -1.05. The quantitative estimate of drug-likeness (QED) is 0.858. The Hall–Kier alpha value is -1.29. The third-order valence-electron chi connectivity index (χ3n) is 5.13. The van der Waals surface area contributed by atoms with Crippen LogP contribution in [0, 0.1) is 17.3 Å². The number of halogens is 1. The zero-order chi connectivity index (χ0) is 15.9. The van der Waals surface area contributed by atoms with Crippen LogP contribution in [0.4, 0.5) is 5.69 Å². The lowest BCUT2D eigenvalue weighted by molar-refractivity contribution is 0.0675. The second kappa shape index (κ2) is 5.48. The van der Waals surface area contributed by atoms with Crippen molar-refractivity contribution in [3.63, 3.8) is 0 Å². The van der Waals surface area contributed by atoms with E-state index in [9.17, 15) is 9.90 Å². The summed E-state index contributed by atoms with van der Waals surface area (Å²) in [6.07, 6.45) is 3.50. The van der Waals surface area contributed by atoms with Gasteiger partial charge in [0.25, 0.3) is 0 Å². The molecule has 2 rings (SSSR count). The molecule has 0 radical (unpaired) electrons. The Morgan fingerprint density at radius 2 is 2.10 bits per heavy atom. The van der Waals surface area contributed by atoms with Gasteiger partial charge in [0, 0.05) is 11.8 Å². The van der Waals surface area contributed by atoms with Crippen LogP contribution in [0.2, 0.25) is 5.02 Å². The van der Waals surface area contributed by atoms with Gasteiger partial charge in [-0.25, -0.2) is 9.78 Å². The first-order chi connectivity index (χ1) is 9.66. The van der Waals surface area contributed by atoms with Gasteiger partial charge >= 0.3 is 5.97 Å². The number of carboxylic acid groups (broad SMARTS) is 1. The van der Waals surface area contributed by atoms with Crippen LogP contribution >= 0.6 is 11.6 Å². The molecule has 0 amide bonds. The van der Waals surface area contributed by atoms with Gasteiger partial charge in [0.05, 0.1) is 10.7 Å². The van der Waals surface area contributed by atoms with E-state index in [2.05, 4.69) is 32.7 Å². The zero-order valence-electron chi connectivity index (χ0n) is 13.0. The molecule has 0 bridgehead atoms. The maximum atomic E-state index is 11.6. The molecule has 0 saturated heterocycles. The molecule has 3 N–H and O–H groups in total. The Morgan fingerprint density at radius 3 is 2.67 bits per heavy atom. The molecule has 5 heteroatoms. The van der Waals surface area contributed by atoms with E-state index < -0.39 is 5.97 Å². The first-order valence-corrected chi connectivity index (χ1v) is 7.71. The summed E-state index contributed by atoms with van der Waals surface area (Å²) in [5.41, 5.74) is 7.13. The number of rotatable bonds is 2. The molecule has 1 saturated carbocycles. The number of anilines is 1. The summed E-state index contributed by atoms with van der Waals surface area (Å²) in [6.45, 7) is 8.72. The van der Waals surface area contributed by atoms with Gasteiger partial charge in [-0.2, -0.15) is 0 Å². The molecule has 0 aromatic carbocycles. The highest BCUT2D eigenvalue weighted by molar-refractivity contribution is 6.33. The van der Waals surface area contributed by atoms with Crippen molar-refractivity contribution in [3.8, 4) is 0 Å². The topological polar surface area (TPSA) is 76.2 Å². The number of nitrogens with zero attached hydrogens (tertiary/aromatic N) is 1. The fourth-order valence-electron chi connectivity index (χ4n) is 3.71. The number of pyridine rings is 1. The predicted octanol–water partition coefficient (Wildman–Crippen LogP) is 4.19. The molecule has 1 aliphatic rings. The SMILES string of the molecule is CC1CCC(C)(C)C(c2c(C(=O)O)ncc(Cl)c2N)C1C. The minimum Gasteiger partial charge on any atom is -0.477 e. The summed E-state index contributed by atoms with van der Waals surface area (Å²) in [5, 5.41) is 9.80. The van der Waals surface area contributed by atoms with Gasteiger partial charge in [0.2, 0.25) is 0 Å². The highest BCUT2D eigenvalue weighted by Gasteiger charge is 2.44. The standard InChI is InChI=1S/C16H23ClN2O2/c1-8-5-6-16(3,4)12(9(8)2)11-13(18)10(17)7-19-14(11)15(20)21/h7-9,12H,5-6H2,1-4H3,(H2,18,19)(H,20,21). The summed E-state index contributed by atoms with van der Waals surface area (Å²) >= 11 is 6.11. The van der Waals surface area contributed by atoms with Crippen LogP contribution in [0.25, 0.3) is 0 Å². The van der Waals surface area contributed by atoms with E-state index in [4.69, 9.17) is 17.3 Å². The molecule has 1 aromatic rings. The first kappa shape index (κ1) is 16.1. The van der Waals surface area contributed by atoms with Crippen molar-refractivity contribution in [1.82, 2.24) is 4.98 Å². The Kier molecular flexibility index (Phi) is 4.20. The number of aromatic carboxylic acids is 1. The highest BCUT2D eigenvalue weighted by atomic mass is 35.5. The highest BCUT2D eigenvalue weighted by Crippen LogP contribution is 2.54. The van der Waals surface area contributed by atoms with Crippen LogP contribution in [-0.4, -0.2) is 16.1 Å². The van der Waals surface area contributed by atoms with E-state index in [0.717, 1.165) is 12.8 Å². The number of hydrogen-bond acceptors (Lipinski definition) is 3. The van der Waals surface area contributed by atoms with Gasteiger partial charge in [-0.3, -0.25) is 0 Å². The molecule has 3 unspecified atom stereocenters. The van der Waals surface area contributed by atoms with Gasteiger partial charge in [0.1, 0.15) is 0 Å². The lowest BCUT2D eigenvalue weighted by Crippen LogP contribution is -2.37. The molecule has 1 aliphatic carbocycles. The predicted molar refractivity (Wildman–Crippen MR) is 84.7 cm³/mol. The normalized spacial score (nSPS) is 28.3. The third-order valence-corrected chi connectivity index (χ3v) is 5.43. The van der Waals surface area contributed by atoms with E-state index >= 15 is 0 Å². The number of nitrogens with two attached hydrogens (primary N) is 1. The molecule has 3 atom stereocenters. The van der Waals surface area contributed by atoms with Gasteiger partial charge in [0.15, 0.2) is 5.69 Å². The summed E-state index contributed by atoms with van der Waals surface area (Å²) in [6, 6.07) is 0. The maximum absolute atomic E-state index is 11.6. The largest absolute Gasteiger partial charge is 0.477 e. The van der Waals surface area contributed by atoms with E-state index in [1.54, 1.807) is 0 Å². The van der Waals surface area contributed by atoms with Crippen LogP contribution in [0.5, 0.6) is 0 Å². The lowest BCUT2D eigenvalue weighted by atomic mass is 9.58. The molecule has 0 spiro atoms. The molecule has 116 valence electrons. The van der Waals surface area contributed by atoms with Crippen LogP contribution < -0.4 is 5.73 Å². The average molecular weight is 311 g/mol. The number of hydrogen-bond donors (Lipinski definition) is 2. The van der Waals surface area contributed by atoms with E-state index in [-0.39, 0.29) is 17.0 Å². The molecule has 21 heavy (non-hydrogen) atoms. The monoisotopic (exact) mass is 310 g/mol. The van der Waals surface area contributed by atoms with Gasteiger partial charge in [-0.05, 0) is 36.0 Å². The van der Waals surface area contributed by atoms with E-state index in [1.165, 1.54) is 6.20 Å². The molecular formula is C16H23ClN2O2. The Balaban J connectivity index is 2.68.